The Bertz CT molecular complexity index is 465. The Labute approximate surface area is 99.5 Å². The van der Waals surface area contributed by atoms with Gasteiger partial charge in [-0.15, -0.1) is 0 Å². The number of aromatic nitrogens is 1. The second-order valence-corrected chi connectivity index (χ2v) is 4.07. The van der Waals surface area contributed by atoms with E-state index in [4.69, 9.17) is 5.26 Å². The molecule has 0 saturated heterocycles. The van der Waals surface area contributed by atoms with E-state index < -0.39 is 17.8 Å². The summed E-state index contributed by atoms with van der Waals surface area (Å²) in [5.74, 6) is -0.990. The molecular formula is C12H14FN3O. The van der Waals surface area contributed by atoms with Crippen molar-refractivity contribution in [2.45, 2.75) is 32.7 Å². The van der Waals surface area contributed by atoms with Gasteiger partial charge >= 0.3 is 0 Å². The minimum Gasteiger partial charge on any atom is -0.335 e. The maximum Gasteiger partial charge on any atom is 0.271 e. The molecule has 90 valence electrons. The maximum absolute atomic E-state index is 13.6. The van der Waals surface area contributed by atoms with Crippen LogP contribution in [0.1, 0.15) is 42.7 Å². The van der Waals surface area contributed by atoms with Gasteiger partial charge in [-0.2, -0.15) is 5.26 Å². The SMILES string of the molecule is CC(C)c1cnc(C(=O)N[C@H](C)C#N)cc1F. The Morgan fingerprint density at radius 2 is 2.18 bits per heavy atom. The van der Waals surface area contributed by atoms with Gasteiger partial charge in [-0.05, 0) is 12.8 Å². The largest absolute Gasteiger partial charge is 0.335 e. The molecule has 0 aliphatic rings. The van der Waals surface area contributed by atoms with E-state index in [1.807, 2.05) is 19.9 Å². The summed E-state index contributed by atoms with van der Waals surface area (Å²) in [6.07, 6.45) is 1.35. The van der Waals surface area contributed by atoms with Crippen molar-refractivity contribution < 1.29 is 9.18 Å². The van der Waals surface area contributed by atoms with E-state index in [-0.39, 0.29) is 11.6 Å². The van der Waals surface area contributed by atoms with E-state index in [0.717, 1.165) is 6.07 Å². The molecular weight excluding hydrogens is 221 g/mol. The Hall–Kier alpha value is -1.96. The van der Waals surface area contributed by atoms with Crippen molar-refractivity contribution in [2.24, 2.45) is 0 Å². The molecule has 0 spiro atoms. The van der Waals surface area contributed by atoms with Crippen LogP contribution < -0.4 is 5.32 Å². The van der Waals surface area contributed by atoms with Crippen LogP contribution in [0, 0.1) is 17.1 Å². The predicted octanol–water partition coefficient (Wildman–Crippen LogP) is 1.99. The number of nitriles is 1. The lowest BCUT2D eigenvalue weighted by molar-refractivity contribution is 0.0942. The van der Waals surface area contributed by atoms with Crippen molar-refractivity contribution in [1.29, 1.82) is 5.26 Å². The van der Waals surface area contributed by atoms with Crippen LogP contribution in [-0.2, 0) is 0 Å². The molecule has 1 amide bonds. The Balaban J connectivity index is 2.91. The van der Waals surface area contributed by atoms with Gasteiger partial charge in [0.2, 0.25) is 0 Å². The number of nitrogens with zero attached hydrogens (tertiary/aromatic N) is 2. The fraction of sp³-hybridized carbons (Fsp3) is 0.417. The second-order valence-electron chi connectivity index (χ2n) is 4.07. The van der Waals surface area contributed by atoms with Gasteiger partial charge < -0.3 is 5.32 Å². The van der Waals surface area contributed by atoms with E-state index in [9.17, 15) is 9.18 Å². The van der Waals surface area contributed by atoms with Crippen LogP contribution >= 0.6 is 0 Å². The van der Waals surface area contributed by atoms with Crippen molar-refractivity contribution in [3.05, 3.63) is 29.3 Å². The zero-order chi connectivity index (χ0) is 13.0. The van der Waals surface area contributed by atoms with Crippen LogP contribution in [0.2, 0.25) is 0 Å². The first-order valence-corrected chi connectivity index (χ1v) is 5.31. The average Bonchev–Trinajstić information content (AvgIpc) is 2.28. The van der Waals surface area contributed by atoms with Crippen molar-refractivity contribution >= 4 is 5.91 Å². The molecule has 0 bridgehead atoms. The lowest BCUT2D eigenvalue weighted by Gasteiger charge is -2.09. The molecule has 0 aliphatic carbocycles. The van der Waals surface area contributed by atoms with E-state index in [1.54, 1.807) is 0 Å². The lowest BCUT2D eigenvalue weighted by Crippen LogP contribution is -2.32. The molecule has 1 aromatic heterocycles. The number of carbonyl (C=O) groups excluding carboxylic acids is 1. The van der Waals surface area contributed by atoms with Crippen molar-refractivity contribution in [1.82, 2.24) is 10.3 Å². The Kier molecular flexibility index (Phi) is 4.16. The quantitative estimate of drug-likeness (QED) is 0.871. The van der Waals surface area contributed by atoms with E-state index in [0.29, 0.717) is 5.56 Å². The zero-order valence-corrected chi connectivity index (χ0v) is 9.99. The molecule has 17 heavy (non-hydrogen) atoms. The number of halogens is 1. The average molecular weight is 235 g/mol. The molecule has 1 heterocycles. The Morgan fingerprint density at radius 1 is 1.53 bits per heavy atom. The summed E-state index contributed by atoms with van der Waals surface area (Å²) in [6, 6.07) is 2.32. The fourth-order valence-electron chi connectivity index (χ4n) is 1.29. The number of carbonyl (C=O) groups is 1. The normalized spacial score (nSPS) is 12.0. The standard InChI is InChI=1S/C12H14FN3O/c1-7(2)9-6-15-11(4-10(9)13)12(17)16-8(3)5-14/h4,6-8H,1-3H3,(H,16,17)/t8-/m1/s1. The highest BCUT2D eigenvalue weighted by molar-refractivity contribution is 5.92. The summed E-state index contributed by atoms with van der Waals surface area (Å²) < 4.78 is 13.6. The van der Waals surface area contributed by atoms with Gasteiger partial charge in [0.05, 0.1) is 6.07 Å². The van der Waals surface area contributed by atoms with Crippen LogP contribution in [0.3, 0.4) is 0 Å². The minimum absolute atomic E-state index is 0.0117. The number of rotatable bonds is 3. The van der Waals surface area contributed by atoms with Crippen LogP contribution in [0.15, 0.2) is 12.3 Å². The summed E-state index contributed by atoms with van der Waals surface area (Å²) in [6.45, 7) is 5.23. The van der Waals surface area contributed by atoms with Crippen LogP contribution in [-0.4, -0.2) is 16.9 Å². The van der Waals surface area contributed by atoms with Gasteiger partial charge in [-0.1, -0.05) is 13.8 Å². The molecule has 4 nitrogen and oxygen atoms in total. The summed E-state index contributed by atoms with van der Waals surface area (Å²) in [4.78, 5) is 15.4. The second kappa shape index (κ2) is 5.39. The van der Waals surface area contributed by atoms with Crippen LogP contribution in [0.4, 0.5) is 4.39 Å². The highest BCUT2D eigenvalue weighted by Gasteiger charge is 2.14. The molecule has 0 radical (unpaired) electrons. The molecule has 1 aromatic rings. The van der Waals surface area contributed by atoms with Crippen molar-refractivity contribution in [2.75, 3.05) is 0 Å². The first kappa shape index (κ1) is 13.1. The summed E-state index contributed by atoms with van der Waals surface area (Å²) >= 11 is 0. The third-order valence-corrected chi connectivity index (χ3v) is 2.28. The number of pyridine rings is 1. The molecule has 0 fully saturated rings. The van der Waals surface area contributed by atoms with Gasteiger partial charge in [0.15, 0.2) is 0 Å². The molecule has 1 N–H and O–H groups in total. The third kappa shape index (κ3) is 3.25. The highest BCUT2D eigenvalue weighted by atomic mass is 19.1. The van der Waals surface area contributed by atoms with Crippen LogP contribution in [0.5, 0.6) is 0 Å². The van der Waals surface area contributed by atoms with Crippen LogP contribution in [0.25, 0.3) is 0 Å². The zero-order valence-electron chi connectivity index (χ0n) is 9.99. The van der Waals surface area contributed by atoms with E-state index in [2.05, 4.69) is 10.3 Å². The fourth-order valence-corrected chi connectivity index (χ4v) is 1.29. The van der Waals surface area contributed by atoms with Gasteiger partial charge in [-0.3, -0.25) is 9.78 Å². The number of nitrogens with one attached hydrogen (secondary N) is 1. The number of hydrogen-bond donors (Lipinski definition) is 1. The third-order valence-electron chi connectivity index (χ3n) is 2.28. The van der Waals surface area contributed by atoms with Crippen molar-refractivity contribution in [3.8, 4) is 6.07 Å². The molecule has 0 unspecified atom stereocenters. The highest BCUT2D eigenvalue weighted by Crippen LogP contribution is 2.17. The van der Waals surface area contributed by atoms with E-state index >= 15 is 0 Å². The van der Waals surface area contributed by atoms with E-state index in [1.165, 1.54) is 13.1 Å². The van der Waals surface area contributed by atoms with Crippen molar-refractivity contribution in [3.63, 3.8) is 0 Å². The first-order chi connectivity index (χ1) is 7.95. The minimum atomic E-state index is -0.628. The number of amides is 1. The summed E-state index contributed by atoms with van der Waals surface area (Å²) in [5, 5.41) is 10.9. The first-order valence-electron chi connectivity index (χ1n) is 5.31. The molecule has 0 aliphatic heterocycles. The van der Waals surface area contributed by atoms with Gasteiger partial charge in [0, 0.05) is 17.8 Å². The van der Waals surface area contributed by atoms with Gasteiger partial charge in [0.1, 0.15) is 17.6 Å². The smallest absolute Gasteiger partial charge is 0.271 e. The summed E-state index contributed by atoms with van der Waals surface area (Å²) in [5.41, 5.74) is 0.448. The predicted molar refractivity (Wildman–Crippen MR) is 60.8 cm³/mol. The molecule has 1 rings (SSSR count). The maximum atomic E-state index is 13.6. The molecule has 5 heteroatoms. The monoisotopic (exact) mass is 235 g/mol. The molecule has 1 atom stereocenters. The number of hydrogen-bond acceptors (Lipinski definition) is 3. The molecule has 0 aromatic carbocycles. The Morgan fingerprint density at radius 3 is 2.65 bits per heavy atom. The molecule has 0 saturated carbocycles. The summed E-state index contributed by atoms with van der Waals surface area (Å²) in [7, 11) is 0. The van der Waals surface area contributed by atoms with Gasteiger partial charge in [-0.25, -0.2) is 4.39 Å². The topological polar surface area (TPSA) is 65.8 Å². The lowest BCUT2D eigenvalue weighted by atomic mass is 10.0. The van der Waals surface area contributed by atoms with Gasteiger partial charge in [0.25, 0.3) is 5.91 Å².